The van der Waals surface area contributed by atoms with Crippen molar-refractivity contribution < 1.29 is 13.2 Å². The number of hydrogen-bond donors (Lipinski definition) is 1. The normalized spacial score (nSPS) is 11.2. The highest BCUT2D eigenvalue weighted by Crippen LogP contribution is 2.11. The second-order valence-corrected chi connectivity index (χ2v) is 7.10. The maximum atomic E-state index is 11.5. The third-order valence-corrected chi connectivity index (χ3v) is 4.47. The average molecular weight is 334 g/mol. The van der Waals surface area contributed by atoms with Crippen LogP contribution in [0.1, 0.15) is 18.9 Å². The Balaban J connectivity index is 2.47. The SMILES string of the molecule is CCCS(=O)(=O)CC(=O)NCc1cccc(Br)c1. The minimum atomic E-state index is -3.26. The van der Waals surface area contributed by atoms with Gasteiger partial charge in [-0.15, -0.1) is 0 Å². The molecule has 0 heterocycles. The van der Waals surface area contributed by atoms with Gasteiger partial charge in [0.05, 0.1) is 5.75 Å². The molecule has 18 heavy (non-hydrogen) atoms. The third kappa shape index (κ3) is 5.64. The molecule has 1 amide bonds. The van der Waals surface area contributed by atoms with E-state index in [9.17, 15) is 13.2 Å². The fraction of sp³-hybridized carbons (Fsp3) is 0.417. The Labute approximate surface area is 116 Å². The van der Waals surface area contributed by atoms with Crippen molar-refractivity contribution in [2.75, 3.05) is 11.5 Å². The summed E-state index contributed by atoms with van der Waals surface area (Å²) < 4.78 is 23.8. The second kappa shape index (κ2) is 6.89. The molecular formula is C12H16BrNO3S. The minimum absolute atomic E-state index is 0.0529. The molecule has 0 unspecified atom stereocenters. The molecule has 0 saturated carbocycles. The van der Waals surface area contributed by atoms with Gasteiger partial charge in [-0.05, 0) is 24.1 Å². The van der Waals surface area contributed by atoms with Crippen molar-refractivity contribution in [2.24, 2.45) is 0 Å². The highest BCUT2D eigenvalue weighted by Gasteiger charge is 2.15. The van der Waals surface area contributed by atoms with E-state index in [4.69, 9.17) is 0 Å². The smallest absolute Gasteiger partial charge is 0.235 e. The lowest BCUT2D eigenvalue weighted by Gasteiger charge is -2.06. The molecule has 0 aliphatic heterocycles. The van der Waals surface area contributed by atoms with Gasteiger partial charge < -0.3 is 5.32 Å². The zero-order valence-corrected chi connectivity index (χ0v) is 12.6. The fourth-order valence-electron chi connectivity index (χ4n) is 1.48. The summed E-state index contributed by atoms with van der Waals surface area (Å²) in [5.41, 5.74) is 0.922. The molecule has 6 heteroatoms. The molecule has 100 valence electrons. The summed E-state index contributed by atoms with van der Waals surface area (Å²) in [6.45, 7) is 2.11. The van der Waals surface area contributed by atoms with Crippen LogP contribution >= 0.6 is 15.9 Å². The molecule has 0 aliphatic rings. The molecule has 0 bridgehead atoms. The van der Waals surface area contributed by atoms with E-state index >= 15 is 0 Å². The molecule has 0 radical (unpaired) electrons. The molecule has 0 atom stereocenters. The molecule has 1 N–H and O–H groups in total. The first kappa shape index (κ1) is 15.2. The maximum absolute atomic E-state index is 11.5. The van der Waals surface area contributed by atoms with Crippen molar-refractivity contribution in [2.45, 2.75) is 19.9 Å². The van der Waals surface area contributed by atoms with E-state index in [2.05, 4.69) is 21.2 Å². The molecule has 0 aromatic heterocycles. The summed E-state index contributed by atoms with van der Waals surface area (Å²) in [4.78, 5) is 11.5. The van der Waals surface area contributed by atoms with Gasteiger partial charge in [0.2, 0.25) is 5.91 Å². The number of halogens is 1. The number of amides is 1. The average Bonchev–Trinajstić information content (AvgIpc) is 2.25. The number of nitrogens with one attached hydrogen (secondary N) is 1. The van der Waals surface area contributed by atoms with Crippen molar-refractivity contribution in [1.29, 1.82) is 0 Å². The van der Waals surface area contributed by atoms with Gasteiger partial charge in [0.25, 0.3) is 0 Å². The van der Waals surface area contributed by atoms with E-state index in [-0.39, 0.29) is 5.75 Å². The summed E-state index contributed by atoms with van der Waals surface area (Å²) in [6.07, 6.45) is 0.529. The van der Waals surface area contributed by atoms with Crippen LogP contribution in [0, 0.1) is 0 Å². The number of carbonyl (C=O) groups is 1. The first-order chi connectivity index (χ1) is 8.43. The summed E-state index contributed by atoms with van der Waals surface area (Å²) in [5.74, 6) is -0.838. The Morgan fingerprint density at radius 3 is 2.72 bits per heavy atom. The Morgan fingerprint density at radius 1 is 1.39 bits per heavy atom. The number of sulfone groups is 1. The minimum Gasteiger partial charge on any atom is -0.351 e. The van der Waals surface area contributed by atoms with Crippen molar-refractivity contribution in [3.05, 3.63) is 34.3 Å². The van der Waals surface area contributed by atoms with Gasteiger partial charge in [-0.3, -0.25) is 4.79 Å². The Morgan fingerprint density at radius 2 is 2.11 bits per heavy atom. The quantitative estimate of drug-likeness (QED) is 0.864. The zero-order chi connectivity index (χ0) is 13.6. The van der Waals surface area contributed by atoms with E-state index in [0.29, 0.717) is 13.0 Å². The topological polar surface area (TPSA) is 63.2 Å². The first-order valence-corrected chi connectivity index (χ1v) is 8.26. The van der Waals surface area contributed by atoms with Gasteiger partial charge >= 0.3 is 0 Å². The summed E-state index contributed by atoms with van der Waals surface area (Å²) in [5, 5.41) is 2.60. The molecule has 1 rings (SSSR count). The molecule has 0 fully saturated rings. The number of rotatable bonds is 6. The van der Waals surface area contributed by atoms with Gasteiger partial charge in [0.1, 0.15) is 5.75 Å². The second-order valence-electron chi connectivity index (χ2n) is 4.00. The molecule has 1 aromatic rings. The lowest BCUT2D eigenvalue weighted by Crippen LogP contribution is -2.30. The van der Waals surface area contributed by atoms with Crippen LogP contribution in [0.3, 0.4) is 0 Å². The van der Waals surface area contributed by atoms with Crippen molar-refractivity contribution in [1.82, 2.24) is 5.32 Å². The summed E-state index contributed by atoms with van der Waals surface area (Å²) >= 11 is 3.33. The van der Waals surface area contributed by atoms with E-state index in [1.54, 1.807) is 6.92 Å². The summed E-state index contributed by atoms with van der Waals surface area (Å²) in [6, 6.07) is 7.49. The van der Waals surface area contributed by atoms with Crippen LogP contribution in [0.25, 0.3) is 0 Å². The van der Waals surface area contributed by atoms with Crippen molar-refractivity contribution in [3.8, 4) is 0 Å². The highest BCUT2D eigenvalue weighted by molar-refractivity contribution is 9.10. The predicted molar refractivity (Wildman–Crippen MR) is 74.9 cm³/mol. The fourth-order valence-corrected chi connectivity index (χ4v) is 3.20. The molecule has 0 spiro atoms. The van der Waals surface area contributed by atoms with Gasteiger partial charge in [0.15, 0.2) is 9.84 Å². The molecule has 0 aliphatic carbocycles. The molecular weight excluding hydrogens is 318 g/mol. The summed E-state index contributed by atoms with van der Waals surface area (Å²) in [7, 11) is -3.26. The van der Waals surface area contributed by atoms with Crippen LogP contribution in [0.4, 0.5) is 0 Å². The van der Waals surface area contributed by atoms with E-state index in [1.807, 2.05) is 24.3 Å². The Hall–Kier alpha value is -0.880. The largest absolute Gasteiger partial charge is 0.351 e. The van der Waals surface area contributed by atoms with E-state index in [1.165, 1.54) is 0 Å². The lowest BCUT2D eigenvalue weighted by atomic mass is 10.2. The van der Waals surface area contributed by atoms with Crippen LogP contribution in [0.15, 0.2) is 28.7 Å². The monoisotopic (exact) mass is 333 g/mol. The van der Waals surface area contributed by atoms with Gasteiger partial charge in [-0.1, -0.05) is 35.0 Å². The van der Waals surface area contributed by atoms with Crippen LogP contribution in [-0.4, -0.2) is 25.8 Å². The third-order valence-electron chi connectivity index (χ3n) is 2.24. The van der Waals surface area contributed by atoms with E-state index in [0.717, 1.165) is 10.0 Å². The molecule has 1 aromatic carbocycles. The maximum Gasteiger partial charge on any atom is 0.235 e. The number of hydrogen-bond acceptors (Lipinski definition) is 3. The van der Waals surface area contributed by atoms with E-state index < -0.39 is 21.5 Å². The number of benzene rings is 1. The first-order valence-electron chi connectivity index (χ1n) is 5.64. The standard InChI is InChI=1S/C12H16BrNO3S/c1-2-6-18(16,17)9-12(15)14-8-10-4-3-5-11(13)7-10/h3-5,7H,2,6,8-9H2,1H3,(H,14,15). The van der Waals surface area contributed by atoms with Crippen LogP contribution in [-0.2, 0) is 21.2 Å². The predicted octanol–water partition coefficient (Wildman–Crippen LogP) is 1.89. The molecule has 0 saturated heterocycles. The van der Waals surface area contributed by atoms with Crippen LogP contribution in [0.5, 0.6) is 0 Å². The van der Waals surface area contributed by atoms with Crippen LogP contribution in [0.2, 0.25) is 0 Å². The molecule has 4 nitrogen and oxygen atoms in total. The highest BCUT2D eigenvalue weighted by atomic mass is 79.9. The Bertz CT molecular complexity index is 514. The number of carbonyl (C=O) groups excluding carboxylic acids is 1. The van der Waals surface area contributed by atoms with Crippen molar-refractivity contribution in [3.63, 3.8) is 0 Å². The zero-order valence-electron chi connectivity index (χ0n) is 10.1. The van der Waals surface area contributed by atoms with Gasteiger partial charge in [-0.25, -0.2) is 8.42 Å². The van der Waals surface area contributed by atoms with Gasteiger partial charge in [-0.2, -0.15) is 0 Å². The van der Waals surface area contributed by atoms with Gasteiger partial charge in [0, 0.05) is 11.0 Å². The Kier molecular flexibility index (Phi) is 5.81. The lowest BCUT2D eigenvalue weighted by molar-refractivity contribution is -0.118. The van der Waals surface area contributed by atoms with Crippen LogP contribution < -0.4 is 5.32 Å². The van der Waals surface area contributed by atoms with Crippen molar-refractivity contribution >= 4 is 31.7 Å².